The first-order valence-corrected chi connectivity index (χ1v) is 11.5. The van der Waals surface area contributed by atoms with E-state index in [1.165, 1.54) is 11.0 Å². The van der Waals surface area contributed by atoms with E-state index in [-0.39, 0.29) is 41.6 Å². The van der Waals surface area contributed by atoms with Gasteiger partial charge in [0.05, 0.1) is 11.7 Å². The van der Waals surface area contributed by atoms with Crippen molar-refractivity contribution in [1.29, 1.82) is 0 Å². The van der Waals surface area contributed by atoms with E-state index in [1.807, 2.05) is 11.8 Å². The predicted molar refractivity (Wildman–Crippen MR) is 127 cm³/mol. The number of benzene rings is 1. The number of carbonyl (C=O) groups is 2. The summed E-state index contributed by atoms with van der Waals surface area (Å²) in [6, 6.07) is 5.20. The van der Waals surface area contributed by atoms with Crippen molar-refractivity contribution in [3.05, 3.63) is 46.2 Å². The standard InChI is InChI=1S/C23H24FN5O4S/c1-12-2-3-15-19(25)20(34-22(15)26-12)21(30)27-13-8-16-17(24)9-14(10-18(16)33-11-13)28-4-6-29(7-5-28)23(31)32/h2-3,9-10,13H,4-8,11,25H2,1H3,(H,27,30)(H,31,32)/i8D2. The molecule has 2 amide bonds. The van der Waals surface area contributed by atoms with E-state index >= 15 is 4.39 Å². The van der Waals surface area contributed by atoms with Crippen LogP contribution < -0.4 is 20.7 Å². The molecule has 11 heteroatoms. The lowest BCUT2D eigenvalue weighted by Gasteiger charge is -2.35. The zero-order valence-corrected chi connectivity index (χ0v) is 19.1. The van der Waals surface area contributed by atoms with Gasteiger partial charge >= 0.3 is 6.09 Å². The number of anilines is 2. The number of ether oxygens (including phenoxy) is 1. The molecule has 3 aromatic rings. The molecule has 9 nitrogen and oxygen atoms in total. The van der Waals surface area contributed by atoms with Crippen LogP contribution in [0.15, 0.2) is 24.3 Å². The van der Waals surface area contributed by atoms with E-state index in [9.17, 15) is 9.59 Å². The molecule has 178 valence electrons. The van der Waals surface area contributed by atoms with E-state index in [1.54, 1.807) is 18.2 Å². The van der Waals surface area contributed by atoms with Crippen LogP contribution in [0.25, 0.3) is 10.2 Å². The normalized spacial score (nSPS) is 20.2. The Kier molecular flexibility index (Phi) is 5.04. The maximum Gasteiger partial charge on any atom is 0.407 e. The number of nitrogens with one attached hydrogen (secondary N) is 1. The Balaban J connectivity index is 1.37. The van der Waals surface area contributed by atoms with Gasteiger partial charge in [-0.1, -0.05) is 0 Å². The minimum absolute atomic E-state index is 0.0576. The molecule has 1 fully saturated rings. The molecule has 2 aromatic heterocycles. The molecule has 0 radical (unpaired) electrons. The van der Waals surface area contributed by atoms with E-state index < -0.39 is 30.2 Å². The molecule has 0 saturated carbocycles. The van der Waals surface area contributed by atoms with Gasteiger partial charge in [-0.05, 0) is 25.1 Å². The van der Waals surface area contributed by atoms with Crippen molar-refractivity contribution in [1.82, 2.24) is 15.2 Å². The van der Waals surface area contributed by atoms with Gasteiger partial charge in [0, 0.05) is 63.7 Å². The zero-order chi connectivity index (χ0) is 25.8. The molecule has 4 N–H and O–H groups in total. The number of aryl methyl sites for hydroxylation is 1. The summed E-state index contributed by atoms with van der Waals surface area (Å²) in [5, 5.41) is 12.4. The van der Waals surface area contributed by atoms with Gasteiger partial charge in [-0.2, -0.15) is 0 Å². The quantitative estimate of drug-likeness (QED) is 0.519. The molecule has 1 atom stereocenters. The van der Waals surface area contributed by atoms with Crippen LogP contribution in [-0.4, -0.2) is 65.8 Å². The number of nitrogens with zero attached hydrogens (tertiary/aromatic N) is 3. The molecule has 5 rings (SSSR count). The van der Waals surface area contributed by atoms with Gasteiger partial charge in [-0.25, -0.2) is 14.2 Å². The summed E-state index contributed by atoms with van der Waals surface area (Å²) in [4.78, 5) is 32.5. The number of rotatable bonds is 3. The second-order valence-electron chi connectivity index (χ2n) is 8.19. The summed E-state index contributed by atoms with van der Waals surface area (Å²) in [6.07, 6.45) is -3.26. The Labute approximate surface area is 201 Å². The Bertz CT molecular complexity index is 1380. The van der Waals surface area contributed by atoms with Gasteiger partial charge in [-0.3, -0.25) is 4.79 Å². The number of halogens is 1. The molecule has 1 aromatic carbocycles. The third kappa shape index (κ3) is 4.07. The molecule has 1 unspecified atom stereocenters. The van der Waals surface area contributed by atoms with Gasteiger partial charge in [0.2, 0.25) is 0 Å². The summed E-state index contributed by atoms with van der Waals surface area (Å²) < 4.78 is 38.3. The minimum Gasteiger partial charge on any atom is -0.491 e. The number of hydrogen-bond acceptors (Lipinski definition) is 7. The zero-order valence-electron chi connectivity index (χ0n) is 20.3. The second kappa shape index (κ2) is 8.64. The number of fused-ring (bicyclic) bond motifs is 2. The van der Waals surface area contributed by atoms with Crippen molar-refractivity contribution < 1.29 is 26.6 Å². The highest BCUT2D eigenvalue weighted by Crippen LogP contribution is 2.35. The fraction of sp³-hybridized carbons (Fsp3) is 0.348. The minimum atomic E-state index is -2.26. The highest BCUT2D eigenvalue weighted by molar-refractivity contribution is 7.21. The molecule has 4 heterocycles. The van der Waals surface area contributed by atoms with E-state index in [4.69, 9.17) is 18.3 Å². The first-order chi connectivity index (χ1) is 17.1. The van der Waals surface area contributed by atoms with Gasteiger partial charge in [-0.15, -0.1) is 11.3 Å². The number of carboxylic acid groups (broad SMARTS) is 1. The fourth-order valence-electron chi connectivity index (χ4n) is 4.11. The molecule has 2 aliphatic rings. The summed E-state index contributed by atoms with van der Waals surface area (Å²) >= 11 is 1.11. The van der Waals surface area contributed by atoms with E-state index in [2.05, 4.69) is 10.3 Å². The van der Waals surface area contributed by atoms with E-state index in [0.29, 0.717) is 29.0 Å². The lowest BCUT2D eigenvalue weighted by molar-refractivity contribution is 0.0919. The number of amides is 2. The fourth-order valence-corrected chi connectivity index (χ4v) is 5.15. The van der Waals surface area contributed by atoms with Crippen LogP contribution in [0.5, 0.6) is 5.75 Å². The van der Waals surface area contributed by atoms with Crippen LogP contribution in [0.4, 0.5) is 20.6 Å². The summed E-state index contributed by atoms with van der Waals surface area (Å²) in [6.45, 7) is 2.93. The Morgan fingerprint density at radius 2 is 2.09 bits per heavy atom. The Morgan fingerprint density at radius 3 is 2.82 bits per heavy atom. The Morgan fingerprint density at radius 1 is 1.32 bits per heavy atom. The van der Waals surface area contributed by atoms with Crippen LogP contribution in [0.2, 0.25) is 0 Å². The smallest absolute Gasteiger partial charge is 0.407 e. The van der Waals surface area contributed by atoms with Crippen molar-refractivity contribution in [2.24, 2.45) is 0 Å². The third-order valence-corrected chi connectivity index (χ3v) is 7.04. The molecular formula is C23H24FN5O4S. The maximum atomic E-state index is 15.3. The first kappa shape index (κ1) is 19.8. The van der Waals surface area contributed by atoms with Crippen molar-refractivity contribution >= 4 is 44.9 Å². The molecule has 0 bridgehead atoms. The number of aromatic nitrogens is 1. The first-order valence-electron chi connectivity index (χ1n) is 11.7. The number of thiophene rings is 1. The monoisotopic (exact) mass is 487 g/mol. The van der Waals surface area contributed by atoms with Crippen molar-refractivity contribution in [2.45, 2.75) is 19.3 Å². The molecule has 1 saturated heterocycles. The molecular weight excluding hydrogens is 461 g/mol. The van der Waals surface area contributed by atoms with Crippen LogP contribution in [0.3, 0.4) is 0 Å². The lowest BCUT2D eigenvalue weighted by Crippen LogP contribution is -2.48. The topological polar surface area (TPSA) is 121 Å². The molecule has 34 heavy (non-hydrogen) atoms. The number of nitrogens with two attached hydrogens (primary N) is 1. The van der Waals surface area contributed by atoms with Crippen molar-refractivity contribution in [3.63, 3.8) is 0 Å². The molecule has 0 aliphatic carbocycles. The number of carbonyl (C=O) groups excluding carboxylic acids is 1. The van der Waals surface area contributed by atoms with Gasteiger partial charge in [0.15, 0.2) is 0 Å². The maximum absolute atomic E-state index is 15.3. The van der Waals surface area contributed by atoms with Gasteiger partial charge in [0.1, 0.15) is 27.9 Å². The van der Waals surface area contributed by atoms with Crippen LogP contribution >= 0.6 is 11.3 Å². The predicted octanol–water partition coefficient (Wildman–Crippen LogP) is 2.86. The second-order valence-corrected chi connectivity index (χ2v) is 9.19. The van der Waals surface area contributed by atoms with Crippen molar-refractivity contribution in [2.75, 3.05) is 43.4 Å². The molecule has 0 spiro atoms. The average molecular weight is 488 g/mol. The number of piperazine rings is 1. The van der Waals surface area contributed by atoms with Crippen LogP contribution in [-0.2, 0) is 6.37 Å². The van der Waals surface area contributed by atoms with Crippen LogP contribution in [0.1, 0.15) is 23.7 Å². The summed E-state index contributed by atoms with van der Waals surface area (Å²) in [5.41, 5.74) is 7.41. The highest BCUT2D eigenvalue weighted by atomic mass is 32.1. The number of pyridine rings is 1. The number of nitrogen functional groups attached to an aromatic ring is 1. The van der Waals surface area contributed by atoms with Gasteiger partial charge in [0.25, 0.3) is 5.91 Å². The summed E-state index contributed by atoms with van der Waals surface area (Å²) in [7, 11) is 0. The Hall–Kier alpha value is -3.60. The SMILES string of the molecule is [2H]C1([2H])c2c(F)cc(N3CCN(C(=O)O)CC3)cc2OCC1NC(=O)c1sc2nc(C)ccc2c1N. The van der Waals surface area contributed by atoms with E-state index in [0.717, 1.165) is 17.0 Å². The van der Waals surface area contributed by atoms with Crippen molar-refractivity contribution in [3.8, 4) is 5.75 Å². The third-order valence-electron chi connectivity index (χ3n) is 5.92. The van der Waals surface area contributed by atoms with Crippen LogP contribution in [0, 0.1) is 12.7 Å². The molecule has 2 aliphatic heterocycles. The average Bonchev–Trinajstić information content (AvgIpc) is 3.15. The van der Waals surface area contributed by atoms with Gasteiger partial charge < -0.3 is 30.7 Å². The largest absolute Gasteiger partial charge is 0.491 e. The highest BCUT2D eigenvalue weighted by Gasteiger charge is 2.28. The lowest BCUT2D eigenvalue weighted by atomic mass is 10.0. The summed E-state index contributed by atoms with van der Waals surface area (Å²) in [5.74, 6) is -1.32. The number of hydrogen-bond donors (Lipinski definition) is 3.